The summed E-state index contributed by atoms with van der Waals surface area (Å²) in [5.41, 5.74) is 0. The first-order chi connectivity index (χ1) is 7.81. The fourth-order valence-corrected chi connectivity index (χ4v) is 1.89. The van der Waals surface area contributed by atoms with E-state index in [0.717, 1.165) is 10.2 Å². The van der Waals surface area contributed by atoms with Gasteiger partial charge >= 0.3 is 0 Å². The highest BCUT2D eigenvalue weighted by molar-refractivity contribution is 9.10. The van der Waals surface area contributed by atoms with E-state index in [9.17, 15) is 0 Å². The molecule has 2 aromatic rings. The number of ether oxygens (including phenoxy) is 2. The number of halogens is 1. The van der Waals surface area contributed by atoms with Crippen LogP contribution in [-0.4, -0.2) is 7.11 Å². The predicted molar refractivity (Wildman–Crippen MR) is 67.2 cm³/mol. The lowest BCUT2D eigenvalue weighted by atomic mass is 10.3. The highest BCUT2D eigenvalue weighted by Crippen LogP contribution is 2.37. The van der Waals surface area contributed by atoms with Crippen LogP contribution in [0.4, 0.5) is 0 Å². The standard InChI is InChI=1S/C13H11BrO2/c1-15-13-11(14)8-5-9-12(13)16-10-6-3-2-4-7-10/h2-9H,1H3. The van der Waals surface area contributed by atoms with Gasteiger partial charge in [0, 0.05) is 0 Å². The third-order valence-corrected chi connectivity index (χ3v) is 2.73. The van der Waals surface area contributed by atoms with E-state index in [4.69, 9.17) is 9.47 Å². The molecule has 2 nitrogen and oxygen atoms in total. The summed E-state index contributed by atoms with van der Waals surface area (Å²) >= 11 is 3.42. The second kappa shape index (κ2) is 5.03. The van der Waals surface area contributed by atoms with E-state index in [1.54, 1.807) is 7.11 Å². The summed E-state index contributed by atoms with van der Waals surface area (Å²) in [5.74, 6) is 2.19. The third kappa shape index (κ3) is 2.36. The molecule has 2 aromatic carbocycles. The van der Waals surface area contributed by atoms with Crippen molar-refractivity contribution in [2.45, 2.75) is 0 Å². The number of hydrogen-bond donors (Lipinski definition) is 0. The van der Waals surface area contributed by atoms with E-state index in [0.29, 0.717) is 11.5 Å². The molecule has 0 aliphatic carbocycles. The lowest BCUT2D eigenvalue weighted by Crippen LogP contribution is -1.90. The van der Waals surface area contributed by atoms with Gasteiger partial charge in [-0.15, -0.1) is 0 Å². The summed E-state index contributed by atoms with van der Waals surface area (Å²) in [6.45, 7) is 0. The molecule has 0 aliphatic rings. The Morgan fingerprint density at radius 1 is 0.938 bits per heavy atom. The molecule has 0 unspecified atom stereocenters. The van der Waals surface area contributed by atoms with Crippen molar-refractivity contribution in [3.8, 4) is 17.2 Å². The largest absolute Gasteiger partial charge is 0.492 e. The Bertz CT molecular complexity index is 469. The fourth-order valence-electron chi connectivity index (χ4n) is 1.38. The molecule has 0 saturated carbocycles. The smallest absolute Gasteiger partial charge is 0.175 e. The molecule has 2 rings (SSSR count). The van der Waals surface area contributed by atoms with E-state index < -0.39 is 0 Å². The van der Waals surface area contributed by atoms with Gasteiger partial charge in [-0.25, -0.2) is 0 Å². The Balaban J connectivity index is 2.31. The van der Waals surface area contributed by atoms with Crippen LogP contribution in [-0.2, 0) is 0 Å². The minimum absolute atomic E-state index is 0.697. The number of benzene rings is 2. The van der Waals surface area contributed by atoms with Crippen molar-refractivity contribution in [2.24, 2.45) is 0 Å². The lowest BCUT2D eigenvalue weighted by molar-refractivity contribution is 0.376. The normalized spacial score (nSPS) is 9.88. The molecule has 3 heteroatoms. The Kier molecular flexibility index (Phi) is 3.47. The van der Waals surface area contributed by atoms with Crippen molar-refractivity contribution in [3.63, 3.8) is 0 Å². The zero-order valence-corrected chi connectivity index (χ0v) is 10.4. The fraction of sp³-hybridized carbons (Fsp3) is 0.0769. The predicted octanol–water partition coefficient (Wildman–Crippen LogP) is 4.25. The second-order valence-electron chi connectivity index (χ2n) is 3.19. The van der Waals surface area contributed by atoms with Crippen LogP contribution in [0.1, 0.15) is 0 Å². The molecule has 0 heterocycles. The van der Waals surface area contributed by atoms with Crippen LogP contribution < -0.4 is 9.47 Å². The van der Waals surface area contributed by atoms with Crippen molar-refractivity contribution in [1.29, 1.82) is 0 Å². The van der Waals surface area contributed by atoms with E-state index in [1.807, 2.05) is 48.5 Å². The Morgan fingerprint density at radius 3 is 2.38 bits per heavy atom. The third-order valence-electron chi connectivity index (χ3n) is 2.11. The molecule has 0 aromatic heterocycles. The minimum atomic E-state index is 0.697. The zero-order chi connectivity index (χ0) is 11.4. The molecule has 0 amide bonds. The summed E-state index contributed by atoms with van der Waals surface area (Å²) in [6.07, 6.45) is 0. The second-order valence-corrected chi connectivity index (χ2v) is 4.04. The summed E-state index contributed by atoms with van der Waals surface area (Å²) in [7, 11) is 1.62. The molecule has 0 saturated heterocycles. The number of hydrogen-bond acceptors (Lipinski definition) is 2. The van der Waals surface area contributed by atoms with E-state index >= 15 is 0 Å². The van der Waals surface area contributed by atoms with Gasteiger partial charge in [-0.05, 0) is 40.2 Å². The maximum atomic E-state index is 5.73. The molecule has 0 bridgehead atoms. The first-order valence-corrected chi connectivity index (χ1v) is 5.66. The summed E-state index contributed by atoms with van der Waals surface area (Å²) < 4.78 is 11.9. The van der Waals surface area contributed by atoms with Crippen LogP contribution in [0.5, 0.6) is 17.2 Å². The van der Waals surface area contributed by atoms with Gasteiger partial charge in [-0.3, -0.25) is 0 Å². The maximum Gasteiger partial charge on any atom is 0.175 e. The molecule has 0 atom stereocenters. The average Bonchev–Trinajstić information content (AvgIpc) is 2.31. The van der Waals surface area contributed by atoms with E-state index in [-0.39, 0.29) is 0 Å². The lowest BCUT2D eigenvalue weighted by Gasteiger charge is -2.11. The van der Waals surface area contributed by atoms with Crippen molar-refractivity contribution in [2.75, 3.05) is 7.11 Å². The summed E-state index contributed by atoms with van der Waals surface area (Å²) in [5, 5.41) is 0. The Labute approximate surface area is 103 Å². The van der Waals surface area contributed by atoms with Gasteiger partial charge in [-0.2, -0.15) is 0 Å². The first kappa shape index (κ1) is 11.0. The molecule has 0 aliphatic heterocycles. The number of para-hydroxylation sites is 2. The van der Waals surface area contributed by atoms with Crippen LogP contribution in [0.15, 0.2) is 53.0 Å². The molecule has 82 valence electrons. The van der Waals surface area contributed by atoms with Crippen molar-refractivity contribution >= 4 is 15.9 Å². The zero-order valence-electron chi connectivity index (χ0n) is 8.81. The molecule has 0 radical (unpaired) electrons. The molecular weight excluding hydrogens is 268 g/mol. The monoisotopic (exact) mass is 278 g/mol. The molecular formula is C13H11BrO2. The average molecular weight is 279 g/mol. The van der Waals surface area contributed by atoms with Crippen LogP contribution >= 0.6 is 15.9 Å². The maximum absolute atomic E-state index is 5.73. The van der Waals surface area contributed by atoms with Gasteiger partial charge in [0.1, 0.15) is 5.75 Å². The van der Waals surface area contributed by atoms with Gasteiger partial charge in [0.05, 0.1) is 11.6 Å². The van der Waals surface area contributed by atoms with Crippen molar-refractivity contribution in [3.05, 3.63) is 53.0 Å². The van der Waals surface area contributed by atoms with Crippen LogP contribution in [0.2, 0.25) is 0 Å². The Hall–Kier alpha value is -1.48. The molecule has 16 heavy (non-hydrogen) atoms. The summed E-state index contributed by atoms with van der Waals surface area (Å²) in [6, 6.07) is 15.3. The molecule has 0 spiro atoms. The minimum Gasteiger partial charge on any atom is -0.492 e. The van der Waals surface area contributed by atoms with Gasteiger partial charge < -0.3 is 9.47 Å². The Morgan fingerprint density at radius 2 is 1.69 bits per heavy atom. The van der Waals surface area contributed by atoms with Gasteiger partial charge in [0.15, 0.2) is 11.5 Å². The molecule has 0 fully saturated rings. The van der Waals surface area contributed by atoms with Crippen LogP contribution in [0.25, 0.3) is 0 Å². The van der Waals surface area contributed by atoms with E-state index in [2.05, 4.69) is 15.9 Å². The van der Waals surface area contributed by atoms with Crippen molar-refractivity contribution in [1.82, 2.24) is 0 Å². The van der Waals surface area contributed by atoms with E-state index in [1.165, 1.54) is 0 Å². The number of rotatable bonds is 3. The topological polar surface area (TPSA) is 18.5 Å². The first-order valence-electron chi connectivity index (χ1n) is 4.86. The van der Waals surface area contributed by atoms with Crippen LogP contribution in [0, 0.1) is 0 Å². The van der Waals surface area contributed by atoms with Gasteiger partial charge in [0.25, 0.3) is 0 Å². The highest BCUT2D eigenvalue weighted by Gasteiger charge is 2.08. The summed E-state index contributed by atoms with van der Waals surface area (Å²) in [4.78, 5) is 0. The van der Waals surface area contributed by atoms with Gasteiger partial charge in [0.2, 0.25) is 0 Å². The highest BCUT2D eigenvalue weighted by atomic mass is 79.9. The van der Waals surface area contributed by atoms with Crippen LogP contribution in [0.3, 0.4) is 0 Å². The molecule has 0 N–H and O–H groups in total. The van der Waals surface area contributed by atoms with Gasteiger partial charge in [-0.1, -0.05) is 24.3 Å². The number of methoxy groups -OCH3 is 1. The SMILES string of the molecule is COc1c(Br)cccc1Oc1ccccc1. The van der Waals surface area contributed by atoms with Crippen molar-refractivity contribution < 1.29 is 9.47 Å². The quantitative estimate of drug-likeness (QED) is 0.836.